The summed E-state index contributed by atoms with van der Waals surface area (Å²) in [5.74, 6) is 2.30. The average Bonchev–Trinajstić information content (AvgIpc) is 2.48. The van der Waals surface area contributed by atoms with Crippen molar-refractivity contribution in [2.75, 3.05) is 17.3 Å². The molecule has 0 radical (unpaired) electrons. The van der Waals surface area contributed by atoms with E-state index in [1.54, 1.807) is 0 Å². The molecule has 0 spiro atoms. The molecule has 0 aromatic rings. The second-order valence-electron chi connectivity index (χ2n) is 3.08. The molecule has 1 unspecified atom stereocenters. The molecule has 1 atom stereocenters. The fourth-order valence-corrected chi connectivity index (χ4v) is 3.82. The Morgan fingerprint density at radius 1 is 1.38 bits per heavy atom. The lowest BCUT2D eigenvalue weighted by Crippen LogP contribution is -2.09. The zero-order valence-electron chi connectivity index (χ0n) is 7.27. The normalized spacial score (nSPS) is 23.8. The largest absolute Gasteiger partial charge is 0.389 e. The van der Waals surface area contributed by atoms with Gasteiger partial charge in [-0.1, -0.05) is 0 Å². The van der Waals surface area contributed by atoms with Gasteiger partial charge >= 0.3 is 6.18 Å². The molecule has 0 aromatic heterocycles. The molecule has 0 aromatic carbocycles. The number of hydrogen-bond donors (Lipinski definition) is 0. The minimum atomic E-state index is -3.98. The fourth-order valence-electron chi connectivity index (χ4n) is 1.18. The minimum absolute atomic E-state index is 0.223. The predicted molar refractivity (Wildman–Crippen MR) is 53.5 cm³/mol. The maximum atomic E-state index is 11.7. The molecule has 0 nitrogen and oxygen atoms in total. The van der Waals surface area contributed by atoms with Gasteiger partial charge < -0.3 is 0 Å². The van der Waals surface area contributed by atoms with Gasteiger partial charge in [0, 0.05) is 16.8 Å². The van der Waals surface area contributed by atoms with Crippen molar-refractivity contribution in [1.82, 2.24) is 0 Å². The van der Waals surface area contributed by atoms with E-state index in [4.69, 9.17) is 0 Å². The highest BCUT2D eigenvalue weighted by Gasteiger charge is 2.26. The summed E-state index contributed by atoms with van der Waals surface area (Å²) in [4.78, 5) is 0. The quantitative estimate of drug-likeness (QED) is 0.677. The van der Waals surface area contributed by atoms with Crippen molar-refractivity contribution in [2.24, 2.45) is 0 Å². The zero-order valence-corrected chi connectivity index (χ0v) is 8.90. The molecule has 1 aliphatic heterocycles. The Morgan fingerprint density at radius 3 is 2.69 bits per heavy atom. The zero-order chi connectivity index (χ0) is 9.73. The van der Waals surface area contributed by atoms with Gasteiger partial charge in [-0.05, 0) is 18.6 Å². The van der Waals surface area contributed by atoms with E-state index < -0.39 is 12.6 Å². The first-order valence-corrected chi connectivity index (χ1v) is 6.54. The second kappa shape index (κ2) is 5.39. The van der Waals surface area contributed by atoms with Gasteiger partial charge in [-0.15, -0.1) is 0 Å². The van der Waals surface area contributed by atoms with E-state index in [0.717, 1.165) is 5.75 Å². The Labute approximate surface area is 85.0 Å². The molecule has 1 fully saturated rings. The van der Waals surface area contributed by atoms with E-state index in [2.05, 4.69) is 0 Å². The molecular formula is C8H13F3S2. The average molecular weight is 230 g/mol. The topological polar surface area (TPSA) is 0 Å². The van der Waals surface area contributed by atoms with Crippen LogP contribution in [0, 0.1) is 0 Å². The summed E-state index contributed by atoms with van der Waals surface area (Å²) in [6, 6.07) is 0. The Kier molecular flexibility index (Phi) is 4.80. The molecule has 1 heterocycles. The van der Waals surface area contributed by atoms with Crippen LogP contribution < -0.4 is 0 Å². The molecule has 0 aliphatic carbocycles. The van der Waals surface area contributed by atoms with Crippen molar-refractivity contribution < 1.29 is 13.2 Å². The van der Waals surface area contributed by atoms with Crippen molar-refractivity contribution in [3.05, 3.63) is 0 Å². The van der Waals surface area contributed by atoms with Crippen molar-refractivity contribution in [3.8, 4) is 0 Å². The standard InChI is InChI=1S/C8H13F3S2/c9-8(10,11)3-5-12-6-7-2-1-4-13-7/h7H,1-6H2. The summed E-state index contributed by atoms with van der Waals surface area (Å²) >= 11 is 3.33. The molecule has 1 saturated heterocycles. The van der Waals surface area contributed by atoms with E-state index in [0.29, 0.717) is 5.25 Å². The van der Waals surface area contributed by atoms with Crippen LogP contribution >= 0.6 is 23.5 Å². The summed E-state index contributed by atoms with van der Waals surface area (Å²) in [5, 5.41) is 0.609. The van der Waals surface area contributed by atoms with Crippen molar-refractivity contribution >= 4 is 23.5 Å². The van der Waals surface area contributed by atoms with Gasteiger partial charge in [-0.2, -0.15) is 36.7 Å². The van der Waals surface area contributed by atoms with Gasteiger partial charge in [0.2, 0.25) is 0 Å². The lowest BCUT2D eigenvalue weighted by molar-refractivity contribution is -0.129. The predicted octanol–water partition coefficient (Wildman–Crippen LogP) is 3.57. The summed E-state index contributed by atoms with van der Waals surface area (Å²) < 4.78 is 35.2. The number of hydrogen-bond acceptors (Lipinski definition) is 2. The Morgan fingerprint density at radius 2 is 2.15 bits per heavy atom. The number of thioether (sulfide) groups is 2. The van der Waals surface area contributed by atoms with Crippen molar-refractivity contribution in [2.45, 2.75) is 30.7 Å². The molecule has 0 bridgehead atoms. The molecular weight excluding hydrogens is 217 g/mol. The van der Waals surface area contributed by atoms with Crippen LogP contribution in [0.1, 0.15) is 19.3 Å². The second-order valence-corrected chi connectivity index (χ2v) is 5.63. The van der Waals surface area contributed by atoms with Crippen molar-refractivity contribution in [3.63, 3.8) is 0 Å². The SMILES string of the molecule is FC(F)(F)CCSCC1CCCS1. The molecule has 0 amide bonds. The Hall–Kier alpha value is 0.490. The van der Waals surface area contributed by atoms with Crippen LogP contribution in [-0.2, 0) is 0 Å². The van der Waals surface area contributed by atoms with E-state index in [9.17, 15) is 13.2 Å². The molecule has 0 N–H and O–H groups in total. The third-order valence-corrected chi connectivity index (χ3v) is 4.60. The summed E-state index contributed by atoms with van der Waals surface area (Å²) in [6.07, 6.45) is -2.20. The number of rotatable bonds is 4. The van der Waals surface area contributed by atoms with Crippen LogP contribution in [-0.4, -0.2) is 28.7 Å². The molecule has 0 saturated carbocycles. The van der Waals surface area contributed by atoms with E-state index in [1.807, 2.05) is 11.8 Å². The van der Waals surface area contributed by atoms with Crippen molar-refractivity contribution in [1.29, 1.82) is 0 Å². The van der Waals surface area contributed by atoms with Crippen LogP contribution in [0.2, 0.25) is 0 Å². The van der Waals surface area contributed by atoms with Gasteiger partial charge in [-0.3, -0.25) is 0 Å². The summed E-state index contributed by atoms with van der Waals surface area (Å²) in [6.45, 7) is 0. The van der Waals surface area contributed by atoms with Gasteiger partial charge in [0.25, 0.3) is 0 Å². The molecule has 1 aliphatic rings. The maximum Gasteiger partial charge on any atom is 0.389 e. The highest BCUT2D eigenvalue weighted by Crippen LogP contribution is 2.30. The first-order valence-electron chi connectivity index (χ1n) is 4.34. The van der Waals surface area contributed by atoms with Crippen LogP contribution in [0.3, 0.4) is 0 Å². The third kappa shape index (κ3) is 5.73. The molecule has 13 heavy (non-hydrogen) atoms. The Bertz CT molecular complexity index is 141. The third-order valence-electron chi connectivity index (χ3n) is 1.86. The lowest BCUT2D eigenvalue weighted by atomic mass is 10.3. The van der Waals surface area contributed by atoms with Crippen LogP contribution in [0.15, 0.2) is 0 Å². The first kappa shape index (κ1) is 11.6. The number of halogens is 3. The smallest absolute Gasteiger partial charge is 0.171 e. The highest BCUT2D eigenvalue weighted by molar-refractivity contribution is 8.03. The first-order chi connectivity index (χ1) is 6.08. The highest BCUT2D eigenvalue weighted by atomic mass is 32.2. The Balaban J connectivity index is 1.94. The van der Waals surface area contributed by atoms with Crippen LogP contribution in [0.4, 0.5) is 13.2 Å². The van der Waals surface area contributed by atoms with Gasteiger partial charge in [0.1, 0.15) is 0 Å². The fraction of sp³-hybridized carbons (Fsp3) is 1.00. The van der Waals surface area contributed by atoms with E-state index in [-0.39, 0.29) is 5.75 Å². The van der Waals surface area contributed by atoms with E-state index in [1.165, 1.54) is 30.4 Å². The monoisotopic (exact) mass is 230 g/mol. The van der Waals surface area contributed by atoms with Crippen LogP contribution in [0.25, 0.3) is 0 Å². The van der Waals surface area contributed by atoms with Gasteiger partial charge in [0.05, 0.1) is 6.42 Å². The molecule has 78 valence electrons. The molecule has 5 heteroatoms. The van der Waals surface area contributed by atoms with Crippen LogP contribution in [0.5, 0.6) is 0 Å². The van der Waals surface area contributed by atoms with Gasteiger partial charge in [-0.25, -0.2) is 0 Å². The summed E-state index contributed by atoms with van der Waals surface area (Å²) in [7, 11) is 0. The minimum Gasteiger partial charge on any atom is -0.171 e. The summed E-state index contributed by atoms with van der Waals surface area (Å²) in [5.41, 5.74) is 0. The van der Waals surface area contributed by atoms with E-state index >= 15 is 0 Å². The van der Waals surface area contributed by atoms with Gasteiger partial charge in [0.15, 0.2) is 0 Å². The number of alkyl halides is 3. The maximum absolute atomic E-state index is 11.7. The lowest BCUT2D eigenvalue weighted by Gasteiger charge is -2.08. The molecule has 1 rings (SSSR count).